The molecule has 34 heavy (non-hydrogen) atoms. The highest BCUT2D eigenvalue weighted by molar-refractivity contribution is 7.89. The van der Waals surface area contributed by atoms with Crippen LogP contribution in [0.25, 0.3) is 22.3 Å². The summed E-state index contributed by atoms with van der Waals surface area (Å²) in [5.41, 5.74) is 0.693. The Morgan fingerprint density at radius 3 is 2.53 bits per heavy atom. The highest BCUT2D eigenvalue weighted by atomic mass is 32.2. The van der Waals surface area contributed by atoms with E-state index >= 15 is 0 Å². The summed E-state index contributed by atoms with van der Waals surface area (Å²) in [7, 11) is -3.99. The molecule has 7 nitrogen and oxygen atoms in total. The van der Waals surface area contributed by atoms with Gasteiger partial charge in [0.05, 0.1) is 16.8 Å². The van der Waals surface area contributed by atoms with Crippen LogP contribution in [0.1, 0.15) is 45.2 Å². The van der Waals surface area contributed by atoms with E-state index in [-0.39, 0.29) is 39.8 Å². The molecule has 1 atom stereocenters. The van der Waals surface area contributed by atoms with Crippen LogP contribution in [0.4, 0.5) is 13.2 Å². The minimum absolute atomic E-state index is 0.0535. The monoisotopic (exact) mass is 492 g/mol. The van der Waals surface area contributed by atoms with Crippen molar-refractivity contribution in [1.29, 1.82) is 5.26 Å². The molecule has 0 radical (unpaired) electrons. The van der Waals surface area contributed by atoms with Gasteiger partial charge in [0.25, 0.3) is 0 Å². The molecule has 0 amide bonds. The number of hydrogen-bond donors (Lipinski definition) is 1. The molecule has 0 aliphatic heterocycles. The molecule has 1 fully saturated rings. The third kappa shape index (κ3) is 4.60. The van der Waals surface area contributed by atoms with Gasteiger partial charge in [0.1, 0.15) is 22.4 Å². The summed E-state index contributed by atoms with van der Waals surface area (Å²) in [6.07, 6.45) is -1.56. The minimum Gasteiger partial charge on any atom is -0.406 e. The van der Waals surface area contributed by atoms with E-state index in [1.54, 1.807) is 25.3 Å². The van der Waals surface area contributed by atoms with Crippen molar-refractivity contribution in [2.75, 3.05) is 0 Å². The normalized spacial score (nSPS) is 15.5. The number of sulfonamides is 1. The molecular weight excluding hydrogens is 469 g/mol. The van der Waals surface area contributed by atoms with Gasteiger partial charge in [-0.2, -0.15) is 5.26 Å². The van der Waals surface area contributed by atoms with E-state index in [0.717, 1.165) is 18.9 Å². The van der Waals surface area contributed by atoms with Crippen molar-refractivity contribution in [1.82, 2.24) is 14.3 Å². The topological polar surface area (TPSA) is 97.0 Å². The maximum absolute atomic E-state index is 13.3. The zero-order chi connectivity index (χ0) is 24.8. The lowest BCUT2D eigenvalue weighted by Gasteiger charge is -2.18. The molecule has 0 saturated heterocycles. The number of aromatic nitrogens is 2. The molecule has 1 aliphatic carbocycles. The van der Waals surface area contributed by atoms with Crippen LogP contribution in [-0.4, -0.2) is 30.4 Å². The fraction of sp³-hybridized carbons (Fsp3) is 0.391. The number of rotatable bonds is 7. The Bertz CT molecular complexity index is 1390. The van der Waals surface area contributed by atoms with Crippen LogP contribution in [0.15, 0.2) is 41.4 Å². The minimum atomic E-state index is -4.88. The lowest BCUT2D eigenvalue weighted by atomic mass is 10.1. The van der Waals surface area contributed by atoms with Crippen LogP contribution in [0.2, 0.25) is 0 Å². The van der Waals surface area contributed by atoms with Gasteiger partial charge in [0.15, 0.2) is 0 Å². The van der Waals surface area contributed by atoms with Crippen molar-refractivity contribution < 1.29 is 26.3 Å². The average molecular weight is 493 g/mol. The number of nitriles is 1. The van der Waals surface area contributed by atoms with Crippen LogP contribution in [0.5, 0.6) is 5.75 Å². The molecule has 0 bridgehead atoms. The summed E-state index contributed by atoms with van der Waals surface area (Å²) >= 11 is 0. The van der Waals surface area contributed by atoms with Crippen molar-refractivity contribution in [3.8, 4) is 23.2 Å². The summed E-state index contributed by atoms with van der Waals surface area (Å²) in [6.45, 7) is 5.37. The fourth-order valence-corrected chi connectivity index (χ4v) is 5.63. The number of halogens is 3. The summed E-state index contributed by atoms with van der Waals surface area (Å²) in [4.78, 5) is 4.21. The van der Waals surface area contributed by atoms with Gasteiger partial charge in [0.2, 0.25) is 10.0 Å². The predicted octanol–water partition coefficient (Wildman–Crippen LogP) is 5.13. The van der Waals surface area contributed by atoms with Gasteiger partial charge in [-0.1, -0.05) is 0 Å². The van der Waals surface area contributed by atoms with E-state index in [0.29, 0.717) is 10.9 Å². The zero-order valence-corrected chi connectivity index (χ0v) is 19.5. The van der Waals surface area contributed by atoms with E-state index in [9.17, 15) is 26.9 Å². The van der Waals surface area contributed by atoms with Crippen LogP contribution in [0, 0.1) is 17.2 Å². The molecule has 1 aromatic carbocycles. The van der Waals surface area contributed by atoms with Crippen molar-refractivity contribution in [2.24, 2.45) is 5.92 Å². The maximum Gasteiger partial charge on any atom is 0.573 e. The maximum atomic E-state index is 13.3. The molecule has 2 heterocycles. The van der Waals surface area contributed by atoms with Gasteiger partial charge in [-0.3, -0.25) is 4.98 Å². The van der Waals surface area contributed by atoms with E-state index in [4.69, 9.17) is 0 Å². The van der Waals surface area contributed by atoms with Crippen LogP contribution in [0.3, 0.4) is 0 Å². The Morgan fingerprint density at radius 2 is 1.94 bits per heavy atom. The molecule has 0 spiro atoms. The molecule has 1 saturated carbocycles. The van der Waals surface area contributed by atoms with Crippen LogP contribution in [-0.2, 0) is 10.0 Å². The third-order valence-electron chi connectivity index (χ3n) is 5.79. The van der Waals surface area contributed by atoms with E-state index in [1.165, 1.54) is 30.5 Å². The standard InChI is InChI=1S/C23H23F3N4O3S/c1-13(2)30-19-11-16(33-23(24,25)26)8-9-17(19)18(12-27)22(30)21-20(5-4-10-28-21)34(31,32)29-14(3)15-6-7-15/h4-5,8-11,13-15,29H,6-7H2,1-3H3/t14-/m0/s1. The number of fused-ring (bicyclic) bond motifs is 1. The van der Waals surface area contributed by atoms with Gasteiger partial charge in [-0.15, -0.1) is 13.2 Å². The zero-order valence-electron chi connectivity index (χ0n) is 18.7. The number of pyridine rings is 1. The quantitative estimate of drug-likeness (QED) is 0.493. The summed E-state index contributed by atoms with van der Waals surface area (Å²) < 4.78 is 73.4. The van der Waals surface area contributed by atoms with E-state index in [2.05, 4.69) is 20.5 Å². The van der Waals surface area contributed by atoms with Crippen molar-refractivity contribution in [2.45, 2.75) is 57.0 Å². The second kappa shape index (κ2) is 8.60. The van der Waals surface area contributed by atoms with E-state index in [1.807, 2.05) is 0 Å². The molecule has 1 N–H and O–H groups in total. The average Bonchev–Trinajstić information content (AvgIpc) is 3.54. The largest absolute Gasteiger partial charge is 0.573 e. The summed E-state index contributed by atoms with van der Waals surface area (Å²) in [5.74, 6) is -0.164. The SMILES string of the molecule is CC(C)n1c(-c2ncccc2S(=O)(=O)N[C@@H](C)C2CC2)c(C#N)c2ccc(OC(F)(F)F)cc21. The summed E-state index contributed by atoms with van der Waals surface area (Å²) in [5, 5.41) is 10.4. The van der Waals surface area contributed by atoms with Gasteiger partial charge < -0.3 is 9.30 Å². The highest BCUT2D eigenvalue weighted by Crippen LogP contribution is 2.40. The molecule has 2 aromatic heterocycles. The van der Waals surface area contributed by atoms with Crippen molar-refractivity contribution in [3.05, 3.63) is 42.1 Å². The highest BCUT2D eigenvalue weighted by Gasteiger charge is 2.34. The third-order valence-corrected chi connectivity index (χ3v) is 7.38. The first-order valence-electron chi connectivity index (χ1n) is 10.7. The Kier molecular flexibility index (Phi) is 6.08. The number of alkyl halides is 3. The number of benzene rings is 1. The Morgan fingerprint density at radius 1 is 1.24 bits per heavy atom. The molecule has 1 aliphatic rings. The number of ether oxygens (including phenoxy) is 1. The Hall–Kier alpha value is -3.10. The first kappa shape index (κ1) is 24.0. The molecule has 3 aromatic rings. The number of hydrogen-bond acceptors (Lipinski definition) is 5. The molecular formula is C23H23F3N4O3S. The molecule has 4 rings (SSSR count). The van der Waals surface area contributed by atoms with Crippen LogP contribution >= 0.6 is 0 Å². The van der Waals surface area contributed by atoms with Gasteiger partial charge in [-0.05, 0) is 63.8 Å². The summed E-state index contributed by atoms with van der Waals surface area (Å²) in [6, 6.07) is 8.07. The Labute approximate surface area is 195 Å². The smallest absolute Gasteiger partial charge is 0.406 e. The molecule has 180 valence electrons. The second-order valence-electron chi connectivity index (χ2n) is 8.62. The number of nitrogens with one attached hydrogen (secondary N) is 1. The second-order valence-corrected chi connectivity index (χ2v) is 10.3. The van der Waals surface area contributed by atoms with E-state index < -0.39 is 22.1 Å². The fourth-order valence-electron chi connectivity index (χ4n) is 4.16. The Balaban J connectivity index is 1.95. The van der Waals surface area contributed by atoms with Gasteiger partial charge >= 0.3 is 6.36 Å². The number of nitrogens with zero attached hydrogens (tertiary/aromatic N) is 3. The predicted molar refractivity (Wildman–Crippen MR) is 119 cm³/mol. The van der Waals surface area contributed by atoms with Crippen LogP contribution < -0.4 is 9.46 Å². The van der Waals surface area contributed by atoms with Crippen molar-refractivity contribution >= 4 is 20.9 Å². The first-order chi connectivity index (χ1) is 15.9. The van der Waals surface area contributed by atoms with Gasteiger partial charge in [-0.25, -0.2) is 13.1 Å². The molecule has 11 heteroatoms. The lowest BCUT2D eigenvalue weighted by Crippen LogP contribution is -2.34. The first-order valence-corrected chi connectivity index (χ1v) is 12.2. The van der Waals surface area contributed by atoms with Crippen molar-refractivity contribution in [3.63, 3.8) is 0 Å². The van der Waals surface area contributed by atoms with Gasteiger partial charge in [0, 0.05) is 29.7 Å². The molecule has 0 unspecified atom stereocenters. The lowest BCUT2D eigenvalue weighted by molar-refractivity contribution is -0.274.